The van der Waals surface area contributed by atoms with E-state index in [4.69, 9.17) is 19.5 Å². The molecule has 0 aliphatic carbocycles. The van der Waals surface area contributed by atoms with Crippen molar-refractivity contribution >= 4 is 40.0 Å². The molecule has 2 unspecified atom stereocenters. The van der Waals surface area contributed by atoms with Gasteiger partial charge in [0, 0.05) is 0 Å². The van der Waals surface area contributed by atoms with Gasteiger partial charge in [-0.1, -0.05) is 64.7 Å². The lowest BCUT2D eigenvalue weighted by atomic mass is 9.96. The number of aliphatic hydroxyl groups is 1. The molecule has 4 N–H and O–H groups in total. The van der Waals surface area contributed by atoms with E-state index >= 15 is 0 Å². The van der Waals surface area contributed by atoms with Crippen LogP contribution in [-0.4, -0.2) is 88.8 Å². The molecule has 0 aromatic carbocycles. The Labute approximate surface area is 232 Å². The van der Waals surface area contributed by atoms with Gasteiger partial charge < -0.3 is 24.8 Å². The van der Waals surface area contributed by atoms with Crippen molar-refractivity contribution in [1.82, 2.24) is 0 Å². The fourth-order valence-electron chi connectivity index (χ4n) is 3.39. The van der Waals surface area contributed by atoms with Gasteiger partial charge in [-0.2, -0.15) is 13.3 Å². The molecule has 1 rings (SSSR count). The Morgan fingerprint density at radius 3 is 1.98 bits per heavy atom. The largest absolute Gasteiger partial charge is 0.481 e. The number of cyclic esters (lactones) is 1. The SMILES string of the molecule is CCCCCCCCCCCCOC(=O)CC(O)(CC(=O)O)C(=O)O.O=C1CC(S(=O)(=O)O)C(=O)OOCCO1. The van der Waals surface area contributed by atoms with Gasteiger partial charge >= 0.3 is 29.8 Å². The van der Waals surface area contributed by atoms with E-state index in [1.807, 2.05) is 0 Å². The van der Waals surface area contributed by atoms with Crippen molar-refractivity contribution in [3.63, 3.8) is 0 Å². The number of carboxylic acid groups (broad SMARTS) is 2. The molecule has 0 saturated carbocycles. The Bertz CT molecular complexity index is 917. The van der Waals surface area contributed by atoms with Crippen molar-refractivity contribution < 1.29 is 71.5 Å². The summed E-state index contributed by atoms with van der Waals surface area (Å²) in [5, 5.41) is 25.2. The normalized spacial score (nSPS) is 17.4. The molecule has 232 valence electrons. The molecule has 0 bridgehead atoms. The lowest BCUT2D eigenvalue weighted by molar-refractivity contribution is -0.273. The highest BCUT2D eigenvalue weighted by Crippen LogP contribution is 2.17. The van der Waals surface area contributed by atoms with Gasteiger partial charge in [-0.3, -0.25) is 23.8 Å². The van der Waals surface area contributed by atoms with Crippen molar-refractivity contribution in [2.75, 3.05) is 19.8 Å². The maximum absolute atomic E-state index is 11.6. The third kappa shape index (κ3) is 17.7. The van der Waals surface area contributed by atoms with Crippen LogP contribution in [-0.2, 0) is 53.3 Å². The summed E-state index contributed by atoms with van der Waals surface area (Å²) in [5.41, 5.74) is -2.62. The van der Waals surface area contributed by atoms with E-state index in [1.54, 1.807) is 0 Å². The van der Waals surface area contributed by atoms with Gasteiger partial charge in [0.05, 0.1) is 25.9 Å². The van der Waals surface area contributed by atoms with Crippen LogP contribution in [0.5, 0.6) is 0 Å². The van der Waals surface area contributed by atoms with E-state index in [-0.39, 0.29) is 19.8 Å². The number of aliphatic carboxylic acids is 2. The highest BCUT2D eigenvalue weighted by molar-refractivity contribution is 7.87. The fourth-order valence-corrected chi connectivity index (χ4v) is 4.02. The van der Waals surface area contributed by atoms with Crippen LogP contribution in [0.15, 0.2) is 0 Å². The summed E-state index contributed by atoms with van der Waals surface area (Å²) in [6.45, 7) is 1.99. The summed E-state index contributed by atoms with van der Waals surface area (Å²) >= 11 is 0. The first-order chi connectivity index (χ1) is 18.7. The van der Waals surface area contributed by atoms with Crippen molar-refractivity contribution in [2.45, 2.75) is 101 Å². The van der Waals surface area contributed by atoms with Crippen molar-refractivity contribution in [3.8, 4) is 0 Å². The van der Waals surface area contributed by atoms with E-state index in [0.29, 0.717) is 6.42 Å². The molecular formula is C24H40O15S. The van der Waals surface area contributed by atoms with E-state index in [1.165, 1.54) is 38.5 Å². The Kier molecular flexibility index (Phi) is 18.7. The first-order valence-electron chi connectivity index (χ1n) is 13.0. The van der Waals surface area contributed by atoms with Crippen LogP contribution in [0.3, 0.4) is 0 Å². The lowest BCUT2D eigenvalue weighted by Crippen LogP contribution is -2.43. The smallest absolute Gasteiger partial charge is 0.363 e. The molecule has 0 radical (unpaired) electrons. The second-order valence-corrected chi connectivity index (χ2v) is 10.7. The summed E-state index contributed by atoms with van der Waals surface area (Å²) < 4.78 is 39.4. The molecule has 2 atom stereocenters. The molecule has 40 heavy (non-hydrogen) atoms. The Balaban J connectivity index is 0.000000858. The van der Waals surface area contributed by atoms with Gasteiger partial charge in [-0.05, 0) is 6.42 Å². The van der Waals surface area contributed by atoms with Crippen LogP contribution in [0.1, 0.15) is 90.4 Å². The van der Waals surface area contributed by atoms with Gasteiger partial charge in [0.1, 0.15) is 13.2 Å². The first kappa shape index (κ1) is 37.2. The second kappa shape index (κ2) is 20.1. The highest BCUT2D eigenvalue weighted by Gasteiger charge is 2.41. The molecular weight excluding hydrogens is 560 g/mol. The van der Waals surface area contributed by atoms with Gasteiger partial charge in [-0.15, -0.1) is 0 Å². The van der Waals surface area contributed by atoms with Gasteiger partial charge in [0.2, 0.25) is 0 Å². The van der Waals surface area contributed by atoms with Crippen LogP contribution in [0.4, 0.5) is 0 Å². The molecule has 16 heteroatoms. The Morgan fingerprint density at radius 2 is 1.48 bits per heavy atom. The molecule has 1 aliphatic rings. The van der Waals surface area contributed by atoms with E-state index < -0.39 is 70.1 Å². The first-order valence-corrected chi connectivity index (χ1v) is 14.5. The minimum absolute atomic E-state index is 0.151. The van der Waals surface area contributed by atoms with E-state index in [2.05, 4.69) is 21.4 Å². The lowest BCUT2D eigenvalue weighted by Gasteiger charge is -2.20. The fraction of sp³-hybridized carbons (Fsp3) is 0.792. The molecule has 0 aromatic rings. The molecule has 0 amide bonds. The third-order valence-corrected chi connectivity index (χ3v) is 6.66. The summed E-state index contributed by atoms with van der Waals surface area (Å²) in [4.78, 5) is 63.3. The van der Waals surface area contributed by atoms with Crippen LogP contribution in [0.25, 0.3) is 0 Å². The number of carbonyl (C=O) groups excluding carboxylic acids is 3. The van der Waals surface area contributed by atoms with Crippen LogP contribution >= 0.6 is 0 Å². The number of esters is 2. The van der Waals surface area contributed by atoms with Crippen LogP contribution in [0, 0.1) is 0 Å². The van der Waals surface area contributed by atoms with Gasteiger partial charge in [0.25, 0.3) is 10.1 Å². The third-order valence-electron chi connectivity index (χ3n) is 5.58. The van der Waals surface area contributed by atoms with Crippen molar-refractivity contribution in [3.05, 3.63) is 0 Å². The molecule has 1 fully saturated rings. The predicted molar refractivity (Wildman–Crippen MR) is 135 cm³/mol. The molecule has 0 aromatic heterocycles. The number of ether oxygens (including phenoxy) is 2. The Morgan fingerprint density at radius 1 is 0.925 bits per heavy atom. The number of unbranched alkanes of at least 4 members (excludes halogenated alkanes) is 9. The molecule has 1 aliphatic heterocycles. The molecule has 0 spiro atoms. The minimum atomic E-state index is -4.72. The summed E-state index contributed by atoms with van der Waals surface area (Å²) in [5.74, 6) is -6.42. The van der Waals surface area contributed by atoms with Crippen molar-refractivity contribution in [2.24, 2.45) is 0 Å². The molecule has 15 nitrogen and oxygen atoms in total. The van der Waals surface area contributed by atoms with Gasteiger partial charge in [-0.25, -0.2) is 9.59 Å². The van der Waals surface area contributed by atoms with Gasteiger partial charge in [0.15, 0.2) is 10.9 Å². The zero-order valence-corrected chi connectivity index (χ0v) is 23.4. The zero-order valence-electron chi connectivity index (χ0n) is 22.6. The monoisotopic (exact) mass is 600 g/mol. The average Bonchev–Trinajstić information content (AvgIpc) is 2.92. The summed E-state index contributed by atoms with van der Waals surface area (Å²) in [6.07, 6.45) is 8.69. The number of carbonyl (C=O) groups is 5. The summed E-state index contributed by atoms with van der Waals surface area (Å²) in [7, 11) is -4.72. The maximum atomic E-state index is 11.6. The van der Waals surface area contributed by atoms with E-state index in [0.717, 1.165) is 19.3 Å². The Hall–Kier alpha value is -2.82. The van der Waals surface area contributed by atoms with Crippen LogP contribution in [0.2, 0.25) is 0 Å². The van der Waals surface area contributed by atoms with Crippen molar-refractivity contribution in [1.29, 1.82) is 0 Å². The predicted octanol–water partition coefficient (Wildman–Crippen LogP) is 1.80. The number of rotatable bonds is 17. The zero-order chi connectivity index (χ0) is 30.6. The maximum Gasteiger partial charge on any atom is 0.363 e. The quantitative estimate of drug-likeness (QED) is 0.0805. The molecule has 1 saturated heterocycles. The summed E-state index contributed by atoms with van der Waals surface area (Å²) in [6, 6.07) is 0. The van der Waals surface area contributed by atoms with E-state index in [9.17, 15) is 37.5 Å². The average molecular weight is 601 g/mol. The number of carboxylic acids is 2. The second-order valence-electron chi connectivity index (χ2n) is 9.14. The topological polar surface area (TPSA) is 237 Å². The molecule has 1 heterocycles. The number of hydrogen-bond donors (Lipinski definition) is 4. The highest BCUT2D eigenvalue weighted by atomic mass is 32.2. The minimum Gasteiger partial charge on any atom is -0.481 e. The standard InChI is InChI=1S/C18H32O7.C6H8O8S/c1-2-3-4-5-6-7-8-9-10-11-12-25-16(21)14-18(24,17(22)23)13-15(19)20;7-5-3-4(15(9,10)11)6(8)14-13-2-1-12-5/h24H,2-14H2,1H3,(H,19,20)(H,22,23);4H,1-3H2,(H,9,10,11). The van der Waals surface area contributed by atoms with Crippen LogP contribution < -0.4 is 0 Å². The number of hydrogen-bond acceptors (Lipinski definition) is 12.